The molecule has 0 aliphatic heterocycles. The first-order valence-corrected chi connectivity index (χ1v) is 6.31. The number of benzene rings is 1. The maximum atomic E-state index is 13.6. The van der Waals surface area contributed by atoms with Crippen LogP contribution in [0.2, 0.25) is 0 Å². The molecule has 0 aromatic heterocycles. The van der Waals surface area contributed by atoms with E-state index in [2.05, 4.69) is 0 Å². The zero-order chi connectivity index (χ0) is 13.4. The van der Waals surface area contributed by atoms with Crippen LogP contribution in [0.25, 0.3) is 0 Å². The van der Waals surface area contributed by atoms with Gasteiger partial charge in [-0.1, -0.05) is 24.3 Å². The molecule has 98 valence electrons. The molecule has 0 bridgehead atoms. The van der Waals surface area contributed by atoms with Crippen LogP contribution in [0.3, 0.4) is 0 Å². The average molecular weight is 250 g/mol. The first-order valence-electron chi connectivity index (χ1n) is 6.31. The summed E-state index contributed by atoms with van der Waals surface area (Å²) in [5.74, 6) is -0.760. The number of aliphatic carboxylic acids is 1. The molecule has 1 aliphatic rings. The van der Waals surface area contributed by atoms with Gasteiger partial charge in [0.1, 0.15) is 5.67 Å². The van der Waals surface area contributed by atoms with Crippen molar-refractivity contribution in [1.82, 2.24) is 0 Å². The number of carbonyl (C=O) groups is 1. The Morgan fingerprint density at radius 3 is 2.61 bits per heavy atom. The van der Waals surface area contributed by atoms with Crippen molar-refractivity contribution in [3.63, 3.8) is 0 Å². The lowest BCUT2D eigenvalue weighted by atomic mass is 9.89. The van der Waals surface area contributed by atoms with Crippen LogP contribution in [0.5, 0.6) is 0 Å². The van der Waals surface area contributed by atoms with Crippen LogP contribution in [0, 0.1) is 0 Å². The third-order valence-electron chi connectivity index (χ3n) is 3.51. The van der Waals surface area contributed by atoms with E-state index in [9.17, 15) is 9.18 Å². The predicted octanol–water partition coefficient (Wildman–Crippen LogP) is 3.48. The minimum absolute atomic E-state index is 0.176. The fourth-order valence-corrected chi connectivity index (χ4v) is 2.50. The van der Waals surface area contributed by atoms with Crippen molar-refractivity contribution in [2.45, 2.75) is 50.6 Å². The third-order valence-corrected chi connectivity index (χ3v) is 3.51. The minimum atomic E-state index is -1.23. The summed E-state index contributed by atoms with van der Waals surface area (Å²) in [6.07, 6.45) is 2.38. The Morgan fingerprint density at radius 2 is 2.11 bits per heavy atom. The SMILES string of the molecule is CC(C)(F)Cc1cccc(C2(CC(=O)O)CC2)c1. The monoisotopic (exact) mass is 250 g/mol. The van der Waals surface area contributed by atoms with Gasteiger partial charge >= 0.3 is 5.97 Å². The van der Waals surface area contributed by atoms with E-state index < -0.39 is 11.6 Å². The second-order valence-electron chi connectivity index (χ2n) is 5.95. The highest BCUT2D eigenvalue weighted by Crippen LogP contribution is 2.51. The van der Waals surface area contributed by atoms with Crippen molar-refractivity contribution in [3.8, 4) is 0 Å². The summed E-state index contributed by atoms with van der Waals surface area (Å²) in [4.78, 5) is 10.9. The molecule has 1 aromatic rings. The Hall–Kier alpha value is -1.38. The van der Waals surface area contributed by atoms with E-state index in [0.717, 1.165) is 24.0 Å². The van der Waals surface area contributed by atoms with Crippen LogP contribution in [-0.4, -0.2) is 16.7 Å². The van der Waals surface area contributed by atoms with Crippen LogP contribution in [0.4, 0.5) is 4.39 Å². The number of hydrogen-bond donors (Lipinski definition) is 1. The molecular formula is C15H19FO2. The quantitative estimate of drug-likeness (QED) is 0.868. The Kier molecular flexibility index (Phi) is 3.18. The second-order valence-corrected chi connectivity index (χ2v) is 5.95. The van der Waals surface area contributed by atoms with Gasteiger partial charge in [-0.2, -0.15) is 0 Å². The first-order chi connectivity index (χ1) is 8.31. The zero-order valence-electron chi connectivity index (χ0n) is 10.9. The van der Waals surface area contributed by atoms with Gasteiger partial charge in [0.05, 0.1) is 6.42 Å². The summed E-state index contributed by atoms with van der Waals surface area (Å²) < 4.78 is 13.6. The summed E-state index contributed by atoms with van der Waals surface area (Å²) in [5, 5.41) is 8.95. The van der Waals surface area contributed by atoms with Gasteiger partial charge in [-0.25, -0.2) is 4.39 Å². The summed E-state index contributed by atoms with van der Waals surface area (Å²) in [6, 6.07) is 7.74. The molecule has 0 unspecified atom stereocenters. The first kappa shape index (κ1) is 13.1. The molecule has 1 aromatic carbocycles. The minimum Gasteiger partial charge on any atom is -0.481 e. The van der Waals surface area contributed by atoms with Gasteiger partial charge in [0, 0.05) is 11.8 Å². The van der Waals surface area contributed by atoms with Crippen LogP contribution in [0.1, 0.15) is 44.2 Å². The molecule has 3 heteroatoms. The van der Waals surface area contributed by atoms with E-state index in [1.165, 1.54) is 0 Å². The van der Waals surface area contributed by atoms with E-state index in [0.29, 0.717) is 6.42 Å². The molecule has 2 rings (SSSR count). The van der Waals surface area contributed by atoms with Crippen LogP contribution in [0.15, 0.2) is 24.3 Å². The summed E-state index contributed by atoms with van der Waals surface area (Å²) in [5.41, 5.74) is 0.563. The molecular weight excluding hydrogens is 231 g/mol. The molecule has 0 amide bonds. The highest BCUT2D eigenvalue weighted by Gasteiger charge is 2.45. The highest BCUT2D eigenvalue weighted by molar-refractivity contribution is 5.70. The Labute approximate surface area is 107 Å². The molecule has 18 heavy (non-hydrogen) atoms. The van der Waals surface area contributed by atoms with E-state index in [1.54, 1.807) is 13.8 Å². The van der Waals surface area contributed by atoms with Crippen molar-refractivity contribution < 1.29 is 14.3 Å². The van der Waals surface area contributed by atoms with Gasteiger partial charge < -0.3 is 5.11 Å². The van der Waals surface area contributed by atoms with Crippen molar-refractivity contribution in [2.24, 2.45) is 0 Å². The van der Waals surface area contributed by atoms with Gasteiger partial charge in [0.15, 0.2) is 0 Å². The molecule has 0 atom stereocenters. The average Bonchev–Trinajstić information content (AvgIpc) is 2.95. The van der Waals surface area contributed by atoms with Gasteiger partial charge in [-0.05, 0) is 37.8 Å². The number of hydrogen-bond acceptors (Lipinski definition) is 1. The van der Waals surface area contributed by atoms with E-state index in [1.807, 2.05) is 24.3 Å². The number of alkyl halides is 1. The number of halogens is 1. The van der Waals surface area contributed by atoms with Crippen molar-refractivity contribution in [1.29, 1.82) is 0 Å². The van der Waals surface area contributed by atoms with Crippen molar-refractivity contribution >= 4 is 5.97 Å². The molecule has 0 spiro atoms. The topological polar surface area (TPSA) is 37.3 Å². The summed E-state index contributed by atoms with van der Waals surface area (Å²) >= 11 is 0. The second kappa shape index (κ2) is 4.38. The van der Waals surface area contributed by atoms with Gasteiger partial charge in [0.2, 0.25) is 0 Å². The Bertz CT molecular complexity index is 456. The lowest BCUT2D eigenvalue weighted by Gasteiger charge is -2.17. The van der Waals surface area contributed by atoms with Crippen LogP contribution >= 0.6 is 0 Å². The normalized spacial score (nSPS) is 17.5. The largest absolute Gasteiger partial charge is 0.481 e. The standard InChI is InChI=1S/C15H19FO2/c1-14(2,16)9-11-4-3-5-12(8-11)15(6-7-15)10-13(17)18/h3-5,8H,6-7,9-10H2,1-2H3,(H,17,18). The molecule has 2 nitrogen and oxygen atoms in total. The highest BCUT2D eigenvalue weighted by atomic mass is 19.1. The molecule has 1 N–H and O–H groups in total. The van der Waals surface area contributed by atoms with E-state index in [-0.39, 0.29) is 11.8 Å². The van der Waals surface area contributed by atoms with Crippen molar-refractivity contribution in [3.05, 3.63) is 35.4 Å². The summed E-state index contributed by atoms with van der Waals surface area (Å²) in [6.45, 7) is 3.12. The molecule has 0 saturated heterocycles. The van der Waals surface area contributed by atoms with E-state index in [4.69, 9.17) is 5.11 Å². The molecule has 0 radical (unpaired) electrons. The molecule has 1 aliphatic carbocycles. The fourth-order valence-electron chi connectivity index (χ4n) is 2.50. The lowest BCUT2D eigenvalue weighted by molar-refractivity contribution is -0.137. The van der Waals surface area contributed by atoms with Crippen LogP contribution < -0.4 is 0 Å². The van der Waals surface area contributed by atoms with Gasteiger partial charge in [-0.15, -0.1) is 0 Å². The molecule has 1 saturated carbocycles. The molecule has 1 fully saturated rings. The fraction of sp³-hybridized carbons (Fsp3) is 0.533. The van der Waals surface area contributed by atoms with Gasteiger partial charge in [0.25, 0.3) is 0 Å². The Balaban J connectivity index is 2.20. The number of carboxylic acids is 1. The lowest BCUT2D eigenvalue weighted by Crippen LogP contribution is -2.17. The van der Waals surface area contributed by atoms with Crippen molar-refractivity contribution in [2.75, 3.05) is 0 Å². The summed E-state index contributed by atoms with van der Waals surface area (Å²) in [7, 11) is 0. The smallest absolute Gasteiger partial charge is 0.304 e. The zero-order valence-corrected chi connectivity index (χ0v) is 10.9. The predicted molar refractivity (Wildman–Crippen MR) is 68.5 cm³/mol. The third kappa shape index (κ3) is 3.09. The maximum absolute atomic E-state index is 13.6. The van der Waals surface area contributed by atoms with Crippen LogP contribution in [-0.2, 0) is 16.6 Å². The maximum Gasteiger partial charge on any atom is 0.304 e. The molecule has 0 heterocycles. The van der Waals surface area contributed by atoms with E-state index >= 15 is 0 Å². The Morgan fingerprint density at radius 1 is 1.44 bits per heavy atom. The number of rotatable bonds is 5. The number of carboxylic acid groups (broad SMARTS) is 1. The van der Waals surface area contributed by atoms with Gasteiger partial charge in [-0.3, -0.25) is 4.79 Å².